The third kappa shape index (κ3) is 4.59. The van der Waals surface area contributed by atoms with Gasteiger partial charge in [-0.25, -0.2) is 0 Å². The molecule has 10 rings (SSSR count). The minimum atomic E-state index is -0.189. The predicted octanol–water partition coefficient (Wildman–Crippen LogP) is 14.6. The molecule has 0 unspecified atom stereocenters. The van der Waals surface area contributed by atoms with Gasteiger partial charge in [-0.3, -0.25) is 0 Å². The second-order valence-corrected chi connectivity index (χ2v) is 17.4. The van der Waals surface area contributed by atoms with E-state index in [1.54, 1.807) is 0 Å². The molecule has 1 aromatic heterocycles. The molecule has 54 heavy (non-hydrogen) atoms. The van der Waals surface area contributed by atoms with Crippen LogP contribution in [0.15, 0.2) is 150 Å². The highest BCUT2D eigenvalue weighted by atomic mass is 16.3. The van der Waals surface area contributed by atoms with Gasteiger partial charge in [0.1, 0.15) is 5.58 Å². The lowest BCUT2D eigenvalue weighted by Crippen LogP contribution is -2.18. The maximum Gasteiger partial charge on any atom is 0.159 e. The molecule has 0 fully saturated rings. The monoisotopic (exact) mass is 699 g/mol. The van der Waals surface area contributed by atoms with Crippen LogP contribution in [0.4, 0.5) is 17.1 Å². The molecule has 0 bridgehead atoms. The van der Waals surface area contributed by atoms with E-state index in [1.165, 1.54) is 61.2 Å². The van der Waals surface area contributed by atoms with Crippen molar-refractivity contribution in [1.29, 1.82) is 0 Å². The first-order chi connectivity index (χ1) is 25.9. The van der Waals surface area contributed by atoms with Crippen molar-refractivity contribution in [3.05, 3.63) is 173 Å². The van der Waals surface area contributed by atoms with Crippen molar-refractivity contribution < 1.29 is 4.42 Å². The van der Waals surface area contributed by atoms with Crippen LogP contribution in [0.2, 0.25) is 0 Å². The lowest BCUT2D eigenvalue weighted by molar-refractivity contribution is 0.573. The molecule has 2 aliphatic carbocycles. The minimum absolute atomic E-state index is 0.0625. The summed E-state index contributed by atoms with van der Waals surface area (Å²) in [6, 6.07) is 53.9. The van der Waals surface area contributed by atoms with Crippen LogP contribution in [0.5, 0.6) is 0 Å². The molecule has 8 aromatic rings. The molecule has 0 amide bonds. The van der Waals surface area contributed by atoms with E-state index in [1.807, 2.05) is 0 Å². The van der Waals surface area contributed by atoms with Crippen molar-refractivity contribution in [3.8, 4) is 33.4 Å². The molecule has 264 valence electrons. The Morgan fingerprint density at radius 1 is 0.463 bits per heavy atom. The van der Waals surface area contributed by atoms with Crippen LogP contribution in [0.1, 0.15) is 76.3 Å². The molecular weight excluding hydrogens is 655 g/mol. The van der Waals surface area contributed by atoms with Crippen LogP contribution in [0, 0.1) is 0 Å². The normalized spacial score (nSPS) is 14.9. The topological polar surface area (TPSA) is 16.4 Å². The van der Waals surface area contributed by atoms with E-state index in [2.05, 4.69) is 199 Å². The number of benzene rings is 7. The summed E-state index contributed by atoms with van der Waals surface area (Å²) >= 11 is 0. The van der Waals surface area contributed by atoms with Crippen LogP contribution in [-0.4, -0.2) is 0 Å². The zero-order chi connectivity index (χ0) is 37.1. The average Bonchev–Trinajstić information content (AvgIpc) is 3.75. The maximum absolute atomic E-state index is 7.06. The van der Waals surface area contributed by atoms with Crippen molar-refractivity contribution >= 4 is 39.0 Å². The Morgan fingerprint density at radius 2 is 1.02 bits per heavy atom. The number of nitrogens with zero attached hydrogens (tertiary/aromatic N) is 1. The summed E-state index contributed by atoms with van der Waals surface area (Å²) < 4.78 is 7.06. The highest BCUT2D eigenvalue weighted by molar-refractivity contribution is 6.11. The smallest absolute Gasteiger partial charge is 0.159 e. The average molecular weight is 700 g/mol. The van der Waals surface area contributed by atoms with E-state index in [0.717, 1.165) is 39.0 Å². The minimum Gasteiger partial charge on any atom is -0.454 e. The van der Waals surface area contributed by atoms with Crippen molar-refractivity contribution in [2.75, 3.05) is 4.90 Å². The first-order valence-electron chi connectivity index (χ1n) is 19.3. The Kier molecular flexibility index (Phi) is 6.87. The summed E-state index contributed by atoms with van der Waals surface area (Å²) in [4.78, 5) is 2.44. The maximum atomic E-state index is 7.06. The molecule has 0 spiro atoms. The molecule has 1 heterocycles. The molecule has 0 aliphatic heterocycles. The number of hydrogen-bond donors (Lipinski definition) is 0. The van der Waals surface area contributed by atoms with Gasteiger partial charge in [-0.05, 0) is 91.4 Å². The van der Waals surface area contributed by atoms with E-state index in [-0.39, 0.29) is 16.2 Å². The van der Waals surface area contributed by atoms with E-state index in [0.29, 0.717) is 0 Å². The Labute approximate surface area is 318 Å². The van der Waals surface area contributed by atoms with Crippen LogP contribution >= 0.6 is 0 Å². The molecule has 0 saturated carbocycles. The van der Waals surface area contributed by atoms with Gasteiger partial charge in [0.2, 0.25) is 0 Å². The van der Waals surface area contributed by atoms with E-state index >= 15 is 0 Å². The number of fused-ring (bicyclic) bond motifs is 9. The third-order valence-corrected chi connectivity index (χ3v) is 12.4. The molecule has 2 aliphatic rings. The summed E-state index contributed by atoms with van der Waals surface area (Å²) in [6.07, 6.45) is 0. The van der Waals surface area contributed by atoms with Crippen molar-refractivity contribution in [1.82, 2.24) is 0 Å². The first-order valence-corrected chi connectivity index (χ1v) is 19.3. The van der Waals surface area contributed by atoms with Crippen LogP contribution in [0.25, 0.3) is 55.3 Å². The lowest BCUT2D eigenvalue weighted by Gasteiger charge is -2.29. The summed E-state index contributed by atoms with van der Waals surface area (Å²) in [5.41, 5.74) is 19.2. The van der Waals surface area contributed by atoms with Gasteiger partial charge < -0.3 is 9.32 Å². The zero-order valence-electron chi connectivity index (χ0n) is 32.2. The SMILES string of the molecule is CC(C)(C)c1cccc2c1oc1c(N(c3ccc4c(c3)C(C)(C)c3ccccc3-4)c3ccc4c(c3)C(C)(C)c3cccc(-c5ccccc5)c3-4)cccc12. The summed E-state index contributed by atoms with van der Waals surface area (Å²) in [6.45, 7) is 16.3. The zero-order valence-corrected chi connectivity index (χ0v) is 32.2. The van der Waals surface area contributed by atoms with Crippen molar-refractivity contribution in [3.63, 3.8) is 0 Å². The molecule has 2 nitrogen and oxygen atoms in total. The predicted molar refractivity (Wildman–Crippen MR) is 228 cm³/mol. The van der Waals surface area contributed by atoms with Crippen molar-refractivity contribution in [2.24, 2.45) is 0 Å². The number of rotatable bonds is 4. The number of hydrogen-bond acceptors (Lipinski definition) is 2. The second-order valence-electron chi connectivity index (χ2n) is 17.4. The Balaban J connectivity index is 1.23. The number of anilines is 3. The van der Waals surface area contributed by atoms with E-state index in [9.17, 15) is 0 Å². The first kappa shape index (κ1) is 32.8. The Hall–Kier alpha value is -5.86. The highest BCUT2D eigenvalue weighted by Crippen LogP contribution is 2.55. The molecule has 0 radical (unpaired) electrons. The fourth-order valence-corrected chi connectivity index (χ4v) is 9.60. The van der Waals surface area contributed by atoms with Crippen molar-refractivity contribution in [2.45, 2.75) is 64.7 Å². The molecule has 0 atom stereocenters. The van der Waals surface area contributed by atoms with Crippen LogP contribution in [-0.2, 0) is 16.2 Å². The molecular formula is C52H45NO. The number of para-hydroxylation sites is 2. The largest absolute Gasteiger partial charge is 0.454 e. The standard InChI is InChI=1S/C52H45NO/c1-50(2,3)43-24-14-20-38-39-21-15-25-46(49(39)54-48(38)43)53(33-26-28-37-36-18-11-12-22-41(36)51(4,5)44(37)30-33)34-27-29-40-45(31-34)52(6,7)42-23-13-19-35(47(40)42)32-16-9-8-10-17-32/h8-31H,1-7H3. The second kappa shape index (κ2) is 11.3. The van der Waals surface area contributed by atoms with E-state index in [4.69, 9.17) is 4.42 Å². The summed E-state index contributed by atoms with van der Waals surface area (Å²) in [5, 5.41) is 2.29. The van der Waals surface area contributed by atoms with Gasteiger partial charge in [0.25, 0.3) is 0 Å². The van der Waals surface area contributed by atoms with Crippen LogP contribution in [0.3, 0.4) is 0 Å². The molecule has 2 heteroatoms. The van der Waals surface area contributed by atoms with E-state index < -0.39 is 0 Å². The fraction of sp³-hybridized carbons (Fsp3) is 0.192. The molecule has 7 aromatic carbocycles. The Bertz CT molecular complexity index is 2810. The third-order valence-electron chi connectivity index (χ3n) is 12.4. The van der Waals surface area contributed by atoms with Gasteiger partial charge in [-0.1, -0.05) is 164 Å². The summed E-state index contributed by atoms with van der Waals surface area (Å²) in [7, 11) is 0. The Morgan fingerprint density at radius 3 is 1.76 bits per heavy atom. The summed E-state index contributed by atoms with van der Waals surface area (Å²) in [5.74, 6) is 0. The van der Waals surface area contributed by atoms with Gasteiger partial charge in [-0.2, -0.15) is 0 Å². The van der Waals surface area contributed by atoms with Crippen LogP contribution < -0.4 is 4.90 Å². The van der Waals surface area contributed by atoms with Gasteiger partial charge in [0.15, 0.2) is 5.58 Å². The van der Waals surface area contributed by atoms with Gasteiger partial charge in [0, 0.05) is 38.5 Å². The van der Waals surface area contributed by atoms with Gasteiger partial charge in [-0.15, -0.1) is 0 Å². The van der Waals surface area contributed by atoms with Gasteiger partial charge in [0.05, 0.1) is 5.69 Å². The number of furan rings is 1. The lowest BCUT2D eigenvalue weighted by atomic mass is 9.81. The highest BCUT2D eigenvalue weighted by Gasteiger charge is 2.39. The molecule has 0 N–H and O–H groups in total. The molecule has 0 saturated heterocycles. The fourth-order valence-electron chi connectivity index (χ4n) is 9.60. The quantitative estimate of drug-likeness (QED) is 0.182. The van der Waals surface area contributed by atoms with Gasteiger partial charge >= 0.3 is 0 Å².